The molecule has 0 saturated carbocycles. The third kappa shape index (κ3) is 5.52. The second-order valence-electron chi connectivity index (χ2n) is 10.8. The van der Waals surface area contributed by atoms with Gasteiger partial charge in [-0.05, 0) is 62.4 Å². The van der Waals surface area contributed by atoms with Gasteiger partial charge in [0.05, 0.1) is 16.6 Å². The molecule has 0 bridgehead atoms. The van der Waals surface area contributed by atoms with Crippen molar-refractivity contribution in [2.24, 2.45) is 5.92 Å². The fourth-order valence-corrected chi connectivity index (χ4v) is 6.02. The smallest absolute Gasteiger partial charge is 0.254 e. The van der Waals surface area contributed by atoms with Gasteiger partial charge in [-0.15, -0.1) is 0 Å². The van der Waals surface area contributed by atoms with Crippen LogP contribution in [0.2, 0.25) is 5.02 Å². The van der Waals surface area contributed by atoms with Crippen molar-refractivity contribution in [1.82, 2.24) is 14.7 Å². The minimum absolute atomic E-state index is 0.0387. The minimum atomic E-state index is -0.364. The highest BCUT2D eigenvalue weighted by molar-refractivity contribution is 6.34. The van der Waals surface area contributed by atoms with Gasteiger partial charge in [0, 0.05) is 76.6 Å². The number of piperazine rings is 2. The Balaban J connectivity index is 1.21. The normalized spacial score (nSPS) is 20.8. The highest BCUT2D eigenvalue weighted by Crippen LogP contribution is 2.33. The Morgan fingerprint density at radius 1 is 0.842 bits per heavy atom. The van der Waals surface area contributed by atoms with Gasteiger partial charge in [0.2, 0.25) is 11.8 Å². The lowest BCUT2D eigenvalue weighted by atomic mass is 10.1. The van der Waals surface area contributed by atoms with Crippen LogP contribution in [0.4, 0.5) is 11.4 Å². The van der Waals surface area contributed by atoms with Crippen molar-refractivity contribution < 1.29 is 14.4 Å². The molecule has 3 fully saturated rings. The molecule has 2 aromatic carbocycles. The van der Waals surface area contributed by atoms with Crippen molar-refractivity contribution in [2.45, 2.75) is 20.3 Å². The lowest BCUT2D eigenvalue weighted by Gasteiger charge is -2.36. The molecule has 5 rings (SSSR count). The van der Waals surface area contributed by atoms with E-state index >= 15 is 0 Å². The number of carbonyl (C=O) groups excluding carboxylic acids is 3. The molecule has 3 amide bonds. The van der Waals surface area contributed by atoms with Crippen LogP contribution in [0.3, 0.4) is 0 Å². The topological polar surface area (TPSA) is 67.4 Å². The summed E-state index contributed by atoms with van der Waals surface area (Å²) in [5.74, 6) is -0.496. The molecule has 0 N–H and O–H groups in total. The average molecular weight is 538 g/mol. The van der Waals surface area contributed by atoms with Crippen LogP contribution in [-0.4, -0.2) is 98.4 Å². The second-order valence-corrected chi connectivity index (χ2v) is 11.2. The molecular weight excluding hydrogens is 502 g/mol. The highest BCUT2D eigenvalue weighted by Gasteiger charge is 2.38. The maximum atomic E-state index is 13.3. The van der Waals surface area contributed by atoms with Crippen LogP contribution in [0.15, 0.2) is 36.4 Å². The largest absolute Gasteiger partial charge is 0.368 e. The maximum Gasteiger partial charge on any atom is 0.254 e. The molecule has 202 valence electrons. The molecule has 3 saturated heterocycles. The molecule has 3 aliphatic rings. The zero-order valence-corrected chi connectivity index (χ0v) is 23.2. The van der Waals surface area contributed by atoms with Crippen molar-refractivity contribution in [3.63, 3.8) is 0 Å². The summed E-state index contributed by atoms with van der Waals surface area (Å²) in [4.78, 5) is 49.0. The van der Waals surface area contributed by atoms with E-state index in [2.05, 4.69) is 41.8 Å². The quantitative estimate of drug-likeness (QED) is 0.600. The van der Waals surface area contributed by atoms with Gasteiger partial charge in [-0.2, -0.15) is 0 Å². The Bertz CT molecular complexity index is 1210. The van der Waals surface area contributed by atoms with Crippen molar-refractivity contribution in [3.8, 4) is 0 Å². The Kier molecular flexibility index (Phi) is 7.63. The summed E-state index contributed by atoms with van der Waals surface area (Å²) in [6, 6.07) is 11.7. The van der Waals surface area contributed by atoms with E-state index in [9.17, 15) is 14.4 Å². The van der Waals surface area contributed by atoms with Gasteiger partial charge in [0.1, 0.15) is 0 Å². The fourth-order valence-electron chi connectivity index (χ4n) is 5.73. The Hall–Kier alpha value is -3.10. The summed E-state index contributed by atoms with van der Waals surface area (Å²) < 4.78 is 0. The Labute approximate surface area is 229 Å². The maximum absolute atomic E-state index is 13.3. The zero-order valence-electron chi connectivity index (χ0n) is 22.5. The molecule has 8 nitrogen and oxygen atoms in total. The number of benzene rings is 2. The number of halogens is 1. The van der Waals surface area contributed by atoms with Crippen LogP contribution < -0.4 is 9.80 Å². The van der Waals surface area contributed by atoms with Gasteiger partial charge >= 0.3 is 0 Å². The van der Waals surface area contributed by atoms with E-state index in [0.29, 0.717) is 49.0 Å². The SMILES string of the molecule is Cc1cc(C)cc(N2CCN(C(=O)c3ccc(N4CC(C(=O)N5CCN(C)CC5)CC4=O)c(Cl)c3)CC2)c1. The molecule has 2 aromatic rings. The number of anilines is 2. The van der Waals surface area contributed by atoms with Crippen LogP contribution in [0, 0.1) is 19.8 Å². The standard InChI is InChI=1S/C29H36ClN5O3/c1-20-14-21(2)16-24(15-20)32-10-12-34(13-11-32)28(37)22-4-5-26(25(30)17-22)35-19-23(18-27(35)36)29(38)33-8-6-31(3)7-9-33/h4-5,14-17,23H,6-13,18-19H2,1-3H3. The molecular formula is C29H36ClN5O3. The van der Waals surface area contributed by atoms with E-state index in [4.69, 9.17) is 11.6 Å². The number of hydrogen-bond acceptors (Lipinski definition) is 5. The molecule has 38 heavy (non-hydrogen) atoms. The fraction of sp³-hybridized carbons (Fsp3) is 0.483. The van der Waals surface area contributed by atoms with Crippen molar-refractivity contribution in [2.75, 3.05) is 75.8 Å². The number of hydrogen-bond donors (Lipinski definition) is 0. The minimum Gasteiger partial charge on any atom is -0.368 e. The van der Waals surface area contributed by atoms with E-state index in [-0.39, 0.29) is 30.1 Å². The number of carbonyl (C=O) groups is 3. The predicted molar refractivity (Wildman–Crippen MR) is 150 cm³/mol. The first-order valence-electron chi connectivity index (χ1n) is 13.4. The van der Waals surface area contributed by atoms with Crippen LogP contribution in [0.25, 0.3) is 0 Å². The highest BCUT2D eigenvalue weighted by atomic mass is 35.5. The molecule has 3 aliphatic heterocycles. The van der Waals surface area contributed by atoms with Gasteiger partial charge in [-0.1, -0.05) is 17.7 Å². The molecule has 1 unspecified atom stereocenters. The first-order chi connectivity index (χ1) is 18.2. The first-order valence-corrected chi connectivity index (χ1v) is 13.8. The van der Waals surface area contributed by atoms with Crippen LogP contribution >= 0.6 is 11.6 Å². The Morgan fingerprint density at radius 3 is 2.11 bits per heavy atom. The number of likely N-dealkylation sites (N-methyl/N-ethyl adjacent to an activating group) is 1. The van der Waals surface area contributed by atoms with Gasteiger partial charge in [0.15, 0.2) is 0 Å². The van der Waals surface area contributed by atoms with E-state index < -0.39 is 0 Å². The lowest BCUT2D eigenvalue weighted by molar-refractivity contribution is -0.137. The molecule has 0 radical (unpaired) electrons. The van der Waals surface area contributed by atoms with Gasteiger partial charge in [-0.25, -0.2) is 0 Å². The van der Waals surface area contributed by atoms with E-state index in [1.54, 1.807) is 23.1 Å². The summed E-state index contributed by atoms with van der Waals surface area (Å²) in [5, 5.41) is 0.353. The number of nitrogens with zero attached hydrogens (tertiary/aromatic N) is 5. The predicted octanol–water partition coefficient (Wildman–Crippen LogP) is 3.05. The molecule has 1 atom stereocenters. The number of rotatable bonds is 4. The third-order valence-corrected chi connectivity index (χ3v) is 8.22. The first kappa shape index (κ1) is 26.5. The molecule has 0 spiro atoms. The third-order valence-electron chi connectivity index (χ3n) is 7.91. The number of aryl methyl sites for hydroxylation is 2. The van der Waals surface area contributed by atoms with Crippen molar-refractivity contribution in [1.29, 1.82) is 0 Å². The monoisotopic (exact) mass is 537 g/mol. The molecule has 0 aromatic heterocycles. The summed E-state index contributed by atoms with van der Waals surface area (Å²) in [6.07, 6.45) is 0.187. The zero-order chi connectivity index (χ0) is 27.0. The van der Waals surface area contributed by atoms with E-state index in [1.165, 1.54) is 16.8 Å². The molecule has 3 heterocycles. The molecule has 9 heteroatoms. The van der Waals surface area contributed by atoms with Crippen LogP contribution in [0.5, 0.6) is 0 Å². The van der Waals surface area contributed by atoms with Gasteiger partial charge in [0.25, 0.3) is 5.91 Å². The van der Waals surface area contributed by atoms with Gasteiger partial charge in [-0.3, -0.25) is 14.4 Å². The summed E-state index contributed by atoms with van der Waals surface area (Å²) in [7, 11) is 2.05. The second kappa shape index (κ2) is 10.9. The lowest BCUT2D eigenvalue weighted by Crippen LogP contribution is -2.49. The van der Waals surface area contributed by atoms with Crippen molar-refractivity contribution in [3.05, 3.63) is 58.1 Å². The van der Waals surface area contributed by atoms with Gasteiger partial charge < -0.3 is 24.5 Å². The van der Waals surface area contributed by atoms with E-state index in [0.717, 1.165) is 26.2 Å². The summed E-state index contributed by atoms with van der Waals surface area (Å²) >= 11 is 6.61. The Morgan fingerprint density at radius 2 is 1.47 bits per heavy atom. The van der Waals surface area contributed by atoms with Crippen molar-refractivity contribution >= 4 is 40.7 Å². The average Bonchev–Trinajstić information content (AvgIpc) is 3.29. The summed E-state index contributed by atoms with van der Waals surface area (Å²) in [5.41, 5.74) is 4.73. The summed E-state index contributed by atoms with van der Waals surface area (Å²) in [6.45, 7) is 10.4. The van der Waals surface area contributed by atoms with E-state index in [1.807, 2.05) is 16.8 Å². The molecule has 0 aliphatic carbocycles. The van der Waals surface area contributed by atoms with Crippen LogP contribution in [0.1, 0.15) is 27.9 Å². The van der Waals surface area contributed by atoms with Crippen LogP contribution in [-0.2, 0) is 9.59 Å². The number of amides is 3.